The van der Waals surface area contributed by atoms with Crippen LogP contribution in [0.4, 0.5) is 4.79 Å². The normalized spacial score (nSPS) is 12.1. The van der Waals surface area contributed by atoms with Crippen LogP contribution in [0.1, 0.15) is 12.5 Å². The van der Waals surface area contributed by atoms with E-state index in [0.717, 1.165) is 12.1 Å². The molecular formula is C13H20N2O3. The Kier molecular flexibility index (Phi) is 6.83. The van der Waals surface area contributed by atoms with Crippen LogP contribution in [0.25, 0.3) is 0 Å². The third-order valence-corrected chi connectivity index (χ3v) is 2.32. The summed E-state index contributed by atoms with van der Waals surface area (Å²) < 4.78 is 10.4. The number of hydrogen-bond donors (Lipinski definition) is 2. The first-order valence-corrected chi connectivity index (χ1v) is 6.00. The highest BCUT2D eigenvalue weighted by atomic mass is 16.6. The van der Waals surface area contributed by atoms with Crippen molar-refractivity contribution in [1.29, 1.82) is 0 Å². The summed E-state index contributed by atoms with van der Waals surface area (Å²) in [7, 11) is 0. The summed E-state index contributed by atoms with van der Waals surface area (Å²) in [6.07, 6.45) is -1.13. The summed E-state index contributed by atoms with van der Waals surface area (Å²) in [6.45, 7) is 4.13. The monoisotopic (exact) mass is 252 g/mol. The molecule has 0 saturated carbocycles. The molecule has 1 rings (SSSR count). The topological polar surface area (TPSA) is 73.6 Å². The predicted octanol–water partition coefficient (Wildman–Crippen LogP) is 1.28. The van der Waals surface area contributed by atoms with Crippen LogP contribution in [0.2, 0.25) is 0 Å². The Morgan fingerprint density at radius 3 is 2.72 bits per heavy atom. The summed E-state index contributed by atoms with van der Waals surface area (Å²) in [5, 5.41) is 3.09. The lowest BCUT2D eigenvalue weighted by Crippen LogP contribution is -2.36. The number of primary amides is 1. The lowest BCUT2D eigenvalue weighted by molar-refractivity contribution is 0.0173. The smallest absolute Gasteiger partial charge is 0.404 e. The standard InChI is InChI=1S/C13H20N2O3/c1-2-15-8-12(18-13(14)16)10-17-9-11-6-4-3-5-7-11/h3-7,12,15H,2,8-10H2,1H3,(H2,14,16)/t12-/m1/s1. The van der Waals surface area contributed by atoms with Crippen LogP contribution in [-0.4, -0.2) is 31.9 Å². The molecule has 0 aliphatic rings. The largest absolute Gasteiger partial charge is 0.443 e. The zero-order valence-corrected chi connectivity index (χ0v) is 10.6. The van der Waals surface area contributed by atoms with Crippen molar-refractivity contribution in [3.05, 3.63) is 35.9 Å². The van der Waals surface area contributed by atoms with Crippen LogP contribution >= 0.6 is 0 Å². The van der Waals surface area contributed by atoms with Crippen LogP contribution in [0.5, 0.6) is 0 Å². The third kappa shape index (κ3) is 6.22. The van der Waals surface area contributed by atoms with Crippen molar-refractivity contribution in [3.8, 4) is 0 Å². The van der Waals surface area contributed by atoms with Crippen molar-refractivity contribution in [3.63, 3.8) is 0 Å². The van der Waals surface area contributed by atoms with E-state index in [1.807, 2.05) is 37.3 Å². The van der Waals surface area contributed by atoms with Gasteiger partial charge in [-0.05, 0) is 12.1 Å². The molecule has 5 heteroatoms. The van der Waals surface area contributed by atoms with Gasteiger partial charge >= 0.3 is 6.09 Å². The molecule has 1 amide bonds. The molecule has 1 atom stereocenters. The van der Waals surface area contributed by atoms with E-state index in [0.29, 0.717) is 19.8 Å². The van der Waals surface area contributed by atoms with Crippen molar-refractivity contribution in [2.24, 2.45) is 5.73 Å². The lowest BCUT2D eigenvalue weighted by atomic mass is 10.2. The summed E-state index contributed by atoms with van der Waals surface area (Å²) in [4.78, 5) is 10.7. The first-order chi connectivity index (χ1) is 8.72. The van der Waals surface area contributed by atoms with Crippen molar-refractivity contribution in [2.45, 2.75) is 19.6 Å². The van der Waals surface area contributed by atoms with E-state index in [1.165, 1.54) is 0 Å². The first-order valence-electron chi connectivity index (χ1n) is 6.00. The number of amides is 1. The Morgan fingerprint density at radius 2 is 2.11 bits per heavy atom. The molecule has 0 saturated heterocycles. The maximum absolute atomic E-state index is 10.7. The van der Waals surface area contributed by atoms with Gasteiger partial charge in [0.1, 0.15) is 6.10 Å². The number of rotatable bonds is 8. The maximum Gasteiger partial charge on any atom is 0.404 e. The number of ether oxygens (including phenoxy) is 2. The highest BCUT2D eigenvalue weighted by Crippen LogP contribution is 2.02. The van der Waals surface area contributed by atoms with E-state index < -0.39 is 6.09 Å². The molecule has 0 radical (unpaired) electrons. The molecule has 100 valence electrons. The Morgan fingerprint density at radius 1 is 1.39 bits per heavy atom. The zero-order chi connectivity index (χ0) is 13.2. The molecule has 0 spiro atoms. The van der Waals surface area contributed by atoms with Crippen molar-refractivity contribution in [1.82, 2.24) is 5.32 Å². The average molecular weight is 252 g/mol. The number of likely N-dealkylation sites (N-methyl/N-ethyl adjacent to an activating group) is 1. The van der Waals surface area contributed by atoms with Crippen LogP contribution in [0, 0.1) is 0 Å². The molecule has 0 heterocycles. The Labute approximate surface area is 107 Å². The van der Waals surface area contributed by atoms with Gasteiger partial charge < -0.3 is 20.5 Å². The van der Waals surface area contributed by atoms with Crippen LogP contribution in [0.15, 0.2) is 30.3 Å². The second-order valence-corrected chi connectivity index (χ2v) is 3.87. The summed E-state index contributed by atoms with van der Waals surface area (Å²) in [6, 6.07) is 9.82. The van der Waals surface area contributed by atoms with Gasteiger partial charge in [-0.3, -0.25) is 0 Å². The highest BCUT2D eigenvalue weighted by molar-refractivity contribution is 5.64. The Bertz CT molecular complexity index is 343. The van der Waals surface area contributed by atoms with Crippen molar-refractivity contribution < 1.29 is 14.3 Å². The predicted molar refractivity (Wildman–Crippen MR) is 69.1 cm³/mol. The van der Waals surface area contributed by atoms with E-state index in [2.05, 4.69) is 5.32 Å². The minimum Gasteiger partial charge on any atom is -0.443 e. The first kappa shape index (κ1) is 14.5. The molecule has 0 bridgehead atoms. The SMILES string of the molecule is CCNC[C@H](COCc1ccccc1)OC(N)=O. The fourth-order valence-corrected chi connectivity index (χ4v) is 1.49. The average Bonchev–Trinajstić information content (AvgIpc) is 2.36. The second kappa shape index (κ2) is 8.49. The molecular weight excluding hydrogens is 232 g/mol. The number of nitrogens with two attached hydrogens (primary N) is 1. The van der Waals surface area contributed by atoms with Gasteiger partial charge in [0, 0.05) is 6.54 Å². The van der Waals surface area contributed by atoms with E-state index in [4.69, 9.17) is 15.2 Å². The fourth-order valence-electron chi connectivity index (χ4n) is 1.49. The van der Waals surface area contributed by atoms with Crippen LogP contribution in [0.3, 0.4) is 0 Å². The van der Waals surface area contributed by atoms with Gasteiger partial charge in [-0.1, -0.05) is 37.3 Å². The van der Waals surface area contributed by atoms with Gasteiger partial charge in [0.05, 0.1) is 13.2 Å². The second-order valence-electron chi connectivity index (χ2n) is 3.87. The molecule has 0 aliphatic heterocycles. The van der Waals surface area contributed by atoms with Gasteiger partial charge in [-0.2, -0.15) is 0 Å². The molecule has 0 aromatic heterocycles. The van der Waals surface area contributed by atoms with Gasteiger partial charge in [0.2, 0.25) is 0 Å². The van der Waals surface area contributed by atoms with Crippen LogP contribution < -0.4 is 11.1 Å². The number of benzene rings is 1. The van der Waals surface area contributed by atoms with Gasteiger partial charge in [0.15, 0.2) is 0 Å². The van der Waals surface area contributed by atoms with Crippen molar-refractivity contribution >= 4 is 6.09 Å². The summed E-state index contributed by atoms with van der Waals surface area (Å²) in [5.74, 6) is 0. The zero-order valence-electron chi connectivity index (χ0n) is 10.6. The lowest BCUT2D eigenvalue weighted by Gasteiger charge is -2.17. The number of carbonyl (C=O) groups excluding carboxylic acids is 1. The molecule has 5 nitrogen and oxygen atoms in total. The summed E-state index contributed by atoms with van der Waals surface area (Å²) in [5.41, 5.74) is 6.09. The molecule has 0 unspecified atom stereocenters. The van der Waals surface area contributed by atoms with E-state index in [-0.39, 0.29) is 6.10 Å². The molecule has 0 fully saturated rings. The van der Waals surface area contributed by atoms with Crippen LogP contribution in [-0.2, 0) is 16.1 Å². The highest BCUT2D eigenvalue weighted by Gasteiger charge is 2.12. The minimum atomic E-state index is -0.777. The maximum atomic E-state index is 10.7. The third-order valence-electron chi connectivity index (χ3n) is 2.32. The molecule has 0 aliphatic carbocycles. The molecule has 3 N–H and O–H groups in total. The van der Waals surface area contributed by atoms with Gasteiger partial charge in [-0.25, -0.2) is 4.79 Å². The van der Waals surface area contributed by atoms with E-state index in [9.17, 15) is 4.79 Å². The van der Waals surface area contributed by atoms with Gasteiger partial charge in [0.25, 0.3) is 0 Å². The van der Waals surface area contributed by atoms with E-state index in [1.54, 1.807) is 0 Å². The number of nitrogens with one attached hydrogen (secondary N) is 1. The van der Waals surface area contributed by atoms with Crippen molar-refractivity contribution in [2.75, 3.05) is 19.7 Å². The number of hydrogen-bond acceptors (Lipinski definition) is 4. The Hall–Kier alpha value is -1.59. The number of carbonyl (C=O) groups is 1. The molecule has 18 heavy (non-hydrogen) atoms. The molecule has 1 aromatic rings. The summed E-state index contributed by atoms with van der Waals surface area (Å²) >= 11 is 0. The quantitative estimate of drug-likeness (QED) is 0.731. The molecule has 1 aromatic carbocycles. The minimum absolute atomic E-state index is 0.324. The fraction of sp³-hybridized carbons (Fsp3) is 0.462. The van der Waals surface area contributed by atoms with Gasteiger partial charge in [-0.15, -0.1) is 0 Å². The Balaban J connectivity index is 2.30. The van der Waals surface area contributed by atoms with E-state index >= 15 is 0 Å².